The summed E-state index contributed by atoms with van der Waals surface area (Å²) in [4.78, 5) is 0. The van der Waals surface area contributed by atoms with Crippen molar-refractivity contribution in [1.82, 2.24) is 15.1 Å². The van der Waals surface area contributed by atoms with Gasteiger partial charge in [0.05, 0.1) is 0 Å². The Morgan fingerprint density at radius 1 is 1.42 bits per heavy atom. The number of hydrogen-bond donors (Lipinski definition) is 1. The first-order valence-corrected chi connectivity index (χ1v) is 7.91. The molecule has 3 unspecified atom stereocenters. The monoisotopic (exact) mass is 263 g/mol. The number of nitrogens with one attached hydrogen (secondary N) is 1. The summed E-state index contributed by atoms with van der Waals surface area (Å²) in [5, 5.41) is 8.03. The van der Waals surface area contributed by atoms with Gasteiger partial charge in [-0.15, -0.1) is 0 Å². The number of aryl methyl sites for hydroxylation is 2. The molecule has 0 bridgehead atoms. The summed E-state index contributed by atoms with van der Waals surface area (Å²) in [6, 6.07) is 2.89. The summed E-state index contributed by atoms with van der Waals surface area (Å²) in [6.45, 7) is 5.83. The van der Waals surface area contributed by atoms with E-state index in [-0.39, 0.29) is 0 Å². The maximum atomic E-state index is 4.26. The Morgan fingerprint density at radius 3 is 2.95 bits per heavy atom. The van der Waals surface area contributed by atoms with E-state index in [1.54, 1.807) is 0 Å². The SMILES string of the molecule is CCCNC1CCC(C)CC1CCc1ccnn1C. The molecule has 1 N–H and O–H groups in total. The average molecular weight is 263 g/mol. The summed E-state index contributed by atoms with van der Waals surface area (Å²) in [6.07, 6.45) is 9.75. The summed E-state index contributed by atoms with van der Waals surface area (Å²) in [5.74, 6) is 1.74. The Morgan fingerprint density at radius 2 is 2.26 bits per heavy atom. The van der Waals surface area contributed by atoms with Gasteiger partial charge in [0, 0.05) is 25.0 Å². The molecule has 1 aliphatic rings. The minimum Gasteiger partial charge on any atom is -0.314 e. The third-order valence-corrected chi connectivity index (χ3v) is 4.59. The van der Waals surface area contributed by atoms with Crippen LogP contribution in [0.5, 0.6) is 0 Å². The van der Waals surface area contributed by atoms with E-state index in [0.29, 0.717) is 0 Å². The second-order valence-corrected chi connectivity index (χ2v) is 6.22. The number of hydrogen-bond acceptors (Lipinski definition) is 2. The second-order valence-electron chi connectivity index (χ2n) is 6.22. The minimum atomic E-state index is 0.740. The lowest BCUT2D eigenvalue weighted by Gasteiger charge is -2.35. The Balaban J connectivity index is 1.88. The highest BCUT2D eigenvalue weighted by Gasteiger charge is 2.27. The fourth-order valence-corrected chi connectivity index (χ4v) is 3.40. The van der Waals surface area contributed by atoms with Crippen LogP contribution in [0.1, 0.15) is 51.6 Å². The van der Waals surface area contributed by atoms with Gasteiger partial charge in [0.2, 0.25) is 0 Å². The van der Waals surface area contributed by atoms with E-state index >= 15 is 0 Å². The van der Waals surface area contributed by atoms with Crippen molar-refractivity contribution < 1.29 is 0 Å². The molecule has 2 rings (SSSR count). The smallest absolute Gasteiger partial charge is 0.0492 e. The molecular weight excluding hydrogens is 234 g/mol. The first-order valence-electron chi connectivity index (χ1n) is 7.91. The summed E-state index contributed by atoms with van der Waals surface area (Å²) >= 11 is 0. The molecular formula is C16H29N3. The molecule has 0 spiro atoms. The zero-order chi connectivity index (χ0) is 13.7. The lowest BCUT2D eigenvalue weighted by atomic mass is 9.76. The molecule has 0 saturated heterocycles. The number of aromatic nitrogens is 2. The Kier molecular flexibility index (Phi) is 5.44. The van der Waals surface area contributed by atoms with Crippen LogP contribution in [0.15, 0.2) is 12.3 Å². The van der Waals surface area contributed by atoms with Crippen LogP contribution in [0.3, 0.4) is 0 Å². The molecule has 3 atom stereocenters. The average Bonchev–Trinajstić information content (AvgIpc) is 2.81. The molecule has 1 aromatic rings. The van der Waals surface area contributed by atoms with Gasteiger partial charge in [-0.25, -0.2) is 0 Å². The first kappa shape index (κ1) is 14.6. The molecule has 108 valence electrons. The van der Waals surface area contributed by atoms with Gasteiger partial charge >= 0.3 is 0 Å². The summed E-state index contributed by atoms with van der Waals surface area (Å²) < 4.78 is 2.01. The molecule has 19 heavy (non-hydrogen) atoms. The van der Waals surface area contributed by atoms with Crippen molar-refractivity contribution in [3.63, 3.8) is 0 Å². The molecule has 1 saturated carbocycles. The van der Waals surface area contributed by atoms with Crippen molar-refractivity contribution in [3.8, 4) is 0 Å². The molecule has 0 radical (unpaired) electrons. The predicted octanol–water partition coefficient (Wildman–Crippen LogP) is 3.16. The molecule has 3 nitrogen and oxygen atoms in total. The van der Waals surface area contributed by atoms with Gasteiger partial charge in [-0.1, -0.05) is 13.8 Å². The highest BCUT2D eigenvalue weighted by molar-refractivity contribution is 5.00. The van der Waals surface area contributed by atoms with E-state index in [1.807, 2.05) is 17.9 Å². The van der Waals surface area contributed by atoms with Gasteiger partial charge in [0.25, 0.3) is 0 Å². The van der Waals surface area contributed by atoms with E-state index < -0.39 is 0 Å². The van der Waals surface area contributed by atoms with Crippen LogP contribution in [0.25, 0.3) is 0 Å². The van der Waals surface area contributed by atoms with Gasteiger partial charge in [-0.3, -0.25) is 4.68 Å². The van der Waals surface area contributed by atoms with Crippen LogP contribution in [-0.2, 0) is 13.5 Å². The van der Waals surface area contributed by atoms with Crippen molar-refractivity contribution in [2.24, 2.45) is 18.9 Å². The normalized spacial score (nSPS) is 27.6. The largest absolute Gasteiger partial charge is 0.314 e. The van der Waals surface area contributed by atoms with E-state index in [1.165, 1.54) is 44.3 Å². The lowest BCUT2D eigenvalue weighted by molar-refractivity contribution is 0.202. The van der Waals surface area contributed by atoms with Crippen LogP contribution in [0.4, 0.5) is 0 Å². The molecule has 0 amide bonds. The molecule has 1 fully saturated rings. The highest BCUT2D eigenvalue weighted by atomic mass is 15.2. The zero-order valence-electron chi connectivity index (χ0n) is 12.7. The third kappa shape index (κ3) is 4.07. The predicted molar refractivity (Wildman–Crippen MR) is 80.1 cm³/mol. The zero-order valence-corrected chi connectivity index (χ0v) is 12.7. The van der Waals surface area contributed by atoms with Gasteiger partial charge < -0.3 is 5.32 Å². The maximum absolute atomic E-state index is 4.26. The van der Waals surface area contributed by atoms with Gasteiger partial charge in [0.15, 0.2) is 0 Å². The van der Waals surface area contributed by atoms with E-state index in [4.69, 9.17) is 0 Å². The molecule has 1 aliphatic carbocycles. The summed E-state index contributed by atoms with van der Waals surface area (Å²) in [7, 11) is 2.05. The van der Waals surface area contributed by atoms with Crippen molar-refractivity contribution in [1.29, 1.82) is 0 Å². The summed E-state index contributed by atoms with van der Waals surface area (Å²) in [5.41, 5.74) is 1.37. The van der Waals surface area contributed by atoms with Crippen LogP contribution >= 0.6 is 0 Å². The molecule has 0 aliphatic heterocycles. The van der Waals surface area contributed by atoms with Crippen molar-refractivity contribution in [2.75, 3.05) is 6.54 Å². The fraction of sp³-hybridized carbons (Fsp3) is 0.812. The van der Waals surface area contributed by atoms with Crippen molar-refractivity contribution >= 4 is 0 Å². The Hall–Kier alpha value is -0.830. The molecule has 1 aromatic heterocycles. The molecule has 0 aromatic carbocycles. The van der Waals surface area contributed by atoms with Gasteiger partial charge in [-0.05, 0) is 63.0 Å². The van der Waals surface area contributed by atoms with E-state index in [9.17, 15) is 0 Å². The Bertz CT molecular complexity index is 370. The van der Waals surface area contributed by atoms with Crippen LogP contribution in [0, 0.1) is 11.8 Å². The molecule has 3 heteroatoms. The number of nitrogens with zero attached hydrogens (tertiary/aromatic N) is 2. The Labute approximate surface area is 117 Å². The van der Waals surface area contributed by atoms with Crippen LogP contribution < -0.4 is 5.32 Å². The topological polar surface area (TPSA) is 29.9 Å². The van der Waals surface area contributed by atoms with E-state index in [2.05, 4.69) is 30.3 Å². The quantitative estimate of drug-likeness (QED) is 0.854. The second kappa shape index (κ2) is 7.09. The maximum Gasteiger partial charge on any atom is 0.0492 e. The standard InChI is InChI=1S/C16H29N3/c1-4-10-17-16-8-5-13(2)12-14(16)6-7-15-9-11-18-19(15)3/h9,11,13-14,16-17H,4-8,10,12H2,1-3H3. The number of rotatable bonds is 6. The molecule has 1 heterocycles. The first-order chi connectivity index (χ1) is 9.20. The third-order valence-electron chi connectivity index (χ3n) is 4.59. The fourth-order valence-electron chi connectivity index (χ4n) is 3.40. The van der Waals surface area contributed by atoms with Gasteiger partial charge in [-0.2, -0.15) is 5.10 Å². The minimum absolute atomic E-state index is 0.740. The van der Waals surface area contributed by atoms with Crippen LogP contribution in [0.2, 0.25) is 0 Å². The highest BCUT2D eigenvalue weighted by Crippen LogP contribution is 2.32. The van der Waals surface area contributed by atoms with E-state index in [0.717, 1.165) is 24.3 Å². The van der Waals surface area contributed by atoms with Crippen LogP contribution in [-0.4, -0.2) is 22.4 Å². The lowest BCUT2D eigenvalue weighted by Crippen LogP contribution is -2.40. The van der Waals surface area contributed by atoms with Crippen molar-refractivity contribution in [3.05, 3.63) is 18.0 Å². The van der Waals surface area contributed by atoms with Crippen molar-refractivity contribution in [2.45, 2.75) is 58.4 Å². The van der Waals surface area contributed by atoms with Gasteiger partial charge in [0.1, 0.15) is 0 Å².